The van der Waals surface area contributed by atoms with E-state index in [1.807, 2.05) is 0 Å². The molecule has 7 nitrogen and oxygen atoms in total. The van der Waals surface area contributed by atoms with Crippen molar-refractivity contribution in [3.63, 3.8) is 0 Å². The first-order valence-corrected chi connectivity index (χ1v) is 10.0. The van der Waals surface area contributed by atoms with Crippen molar-refractivity contribution in [1.29, 1.82) is 0 Å². The highest BCUT2D eigenvalue weighted by Gasteiger charge is 2.57. The van der Waals surface area contributed by atoms with E-state index < -0.39 is 58.7 Å². The quantitative estimate of drug-likeness (QED) is 0.571. The molecular formula is C23H32O7. The number of carbonyl (C=O) groups is 3. The highest BCUT2D eigenvalue weighted by Crippen LogP contribution is 2.47. The van der Waals surface area contributed by atoms with Gasteiger partial charge in [-0.25, -0.2) is 0 Å². The summed E-state index contributed by atoms with van der Waals surface area (Å²) in [5.74, 6) is -5.69. The van der Waals surface area contributed by atoms with E-state index in [0.717, 1.165) is 0 Å². The van der Waals surface area contributed by atoms with Crippen molar-refractivity contribution in [2.24, 2.45) is 11.8 Å². The zero-order chi connectivity index (χ0) is 23.1. The third-order valence-corrected chi connectivity index (χ3v) is 4.84. The van der Waals surface area contributed by atoms with Gasteiger partial charge in [-0.2, -0.15) is 0 Å². The molecule has 1 aliphatic carbocycles. The van der Waals surface area contributed by atoms with Gasteiger partial charge < -0.3 is 19.7 Å². The topological polar surface area (TPSA) is 110 Å². The van der Waals surface area contributed by atoms with Crippen LogP contribution in [-0.2, 0) is 23.9 Å². The summed E-state index contributed by atoms with van der Waals surface area (Å²) in [7, 11) is 0. The predicted octanol–water partition coefficient (Wildman–Crippen LogP) is 3.12. The maximum absolute atomic E-state index is 13.1. The second-order valence-electron chi connectivity index (χ2n) is 10.1. The number of carbonyl (C=O) groups excluding carboxylic acids is 3. The number of phenolic OH excluding ortho intramolecular Hbond substituents is 1. The molecule has 7 heteroatoms. The van der Waals surface area contributed by atoms with Crippen molar-refractivity contribution >= 4 is 17.7 Å². The van der Waals surface area contributed by atoms with Gasteiger partial charge in [-0.05, 0) is 66.2 Å². The number of esters is 2. The van der Waals surface area contributed by atoms with Gasteiger partial charge in [0.25, 0.3) is 0 Å². The van der Waals surface area contributed by atoms with Crippen molar-refractivity contribution in [3.8, 4) is 5.75 Å². The van der Waals surface area contributed by atoms with E-state index in [-0.39, 0.29) is 5.75 Å². The Morgan fingerprint density at radius 3 is 2.07 bits per heavy atom. The summed E-state index contributed by atoms with van der Waals surface area (Å²) in [5.41, 5.74) is -3.05. The van der Waals surface area contributed by atoms with Crippen LogP contribution in [-0.4, -0.2) is 44.7 Å². The first-order valence-electron chi connectivity index (χ1n) is 10.0. The lowest BCUT2D eigenvalue weighted by atomic mass is 9.61. The molecule has 0 spiro atoms. The van der Waals surface area contributed by atoms with Gasteiger partial charge in [0.2, 0.25) is 0 Å². The van der Waals surface area contributed by atoms with Crippen LogP contribution in [0.3, 0.4) is 0 Å². The molecule has 166 valence electrons. The Morgan fingerprint density at radius 2 is 1.57 bits per heavy atom. The van der Waals surface area contributed by atoms with Gasteiger partial charge in [0, 0.05) is 12.3 Å². The number of hydrogen-bond acceptors (Lipinski definition) is 7. The maximum Gasteiger partial charge on any atom is 0.317 e. The van der Waals surface area contributed by atoms with E-state index in [9.17, 15) is 24.6 Å². The van der Waals surface area contributed by atoms with Crippen molar-refractivity contribution in [2.45, 2.75) is 77.6 Å². The van der Waals surface area contributed by atoms with Gasteiger partial charge in [-0.3, -0.25) is 14.4 Å². The molecule has 4 atom stereocenters. The molecule has 0 aliphatic heterocycles. The normalized spacial score (nSPS) is 27.5. The van der Waals surface area contributed by atoms with Gasteiger partial charge in [0.1, 0.15) is 22.9 Å². The van der Waals surface area contributed by atoms with E-state index in [0.29, 0.717) is 5.56 Å². The summed E-state index contributed by atoms with van der Waals surface area (Å²) in [6, 6.07) is 5.98. The SMILES string of the molecule is CC(C)(C)OC(=O)[C@H]1C(=O)C[C@@](C)(O)[C@H](C(=O)OC(C)(C)C)[C@H]1c1cccc(O)c1. The summed E-state index contributed by atoms with van der Waals surface area (Å²) >= 11 is 0. The number of benzene rings is 1. The highest BCUT2D eigenvalue weighted by molar-refractivity contribution is 6.03. The minimum atomic E-state index is -1.74. The number of aliphatic hydroxyl groups is 1. The summed E-state index contributed by atoms with van der Waals surface area (Å²) in [6.07, 6.45) is -0.393. The Balaban J connectivity index is 2.64. The number of ether oxygens (including phenoxy) is 2. The second kappa shape index (κ2) is 8.02. The molecular weight excluding hydrogens is 388 g/mol. The molecule has 2 N–H and O–H groups in total. The van der Waals surface area contributed by atoms with Crippen molar-refractivity contribution in [1.82, 2.24) is 0 Å². The minimum Gasteiger partial charge on any atom is -0.508 e. The highest BCUT2D eigenvalue weighted by atomic mass is 16.6. The molecule has 0 saturated heterocycles. The van der Waals surface area contributed by atoms with Crippen LogP contribution in [0.2, 0.25) is 0 Å². The number of Topliss-reactive ketones (excluding diaryl/α,β-unsaturated/α-hetero) is 1. The number of aromatic hydroxyl groups is 1. The fraction of sp³-hybridized carbons (Fsp3) is 0.609. The van der Waals surface area contributed by atoms with Gasteiger partial charge in [-0.15, -0.1) is 0 Å². The molecule has 0 aromatic heterocycles. The lowest BCUT2D eigenvalue weighted by Gasteiger charge is -2.44. The second-order valence-corrected chi connectivity index (χ2v) is 10.1. The molecule has 1 aliphatic rings. The first kappa shape index (κ1) is 23.9. The average Bonchev–Trinajstić information content (AvgIpc) is 2.49. The summed E-state index contributed by atoms with van der Waals surface area (Å²) in [4.78, 5) is 39.2. The van der Waals surface area contributed by atoms with Gasteiger partial charge in [-0.1, -0.05) is 12.1 Å². The molecule has 1 aromatic carbocycles. The molecule has 30 heavy (non-hydrogen) atoms. The molecule has 0 bridgehead atoms. The molecule has 0 radical (unpaired) electrons. The van der Waals surface area contributed by atoms with Crippen LogP contribution in [0.5, 0.6) is 5.75 Å². The summed E-state index contributed by atoms with van der Waals surface area (Å²) in [6.45, 7) is 11.5. The zero-order valence-corrected chi connectivity index (χ0v) is 18.7. The molecule has 2 rings (SSSR count). The Bertz CT molecular complexity index is 827. The Hall–Kier alpha value is -2.41. The van der Waals surface area contributed by atoms with Crippen LogP contribution in [0, 0.1) is 11.8 Å². The molecule has 1 fully saturated rings. The van der Waals surface area contributed by atoms with Gasteiger partial charge in [0.15, 0.2) is 5.78 Å². The largest absolute Gasteiger partial charge is 0.508 e. The molecule has 0 amide bonds. The summed E-state index contributed by atoms with van der Waals surface area (Å²) < 4.78 is 11.0. The monoisotopic (exact) mass is 420 g/mol. The number of phenols is 1. The van der Waals surface area contributed by atoms with Crippen LogP contribution < -0.4 is 0 Å². The fourth-order valence-corrected chi connectivity index (χ4v) is 3.88. The van der Waals surface area contributed by atoms with Crippen LogP contribution >= 0.6 is 0 Å². The van der Waals surface area contributed by atoms with E-state index in [4.69, 9.17) is 9.47 Å². The van der Waals surface area contributed by atoms with Crippen LogP contribution in [0.4, 0.5) is 0 Å². The van der Waals surface area contributed by atoms with Crippen LogP contribution in [0.15, 0.2) is 24.3 Å². The van der Waals surface area contributed by atoms with E-state index >= 15 is 0 Å². The average molecular weight is 421 g/mol. The Morgan fingerprint density at radius 1 is 1.03 bits per heavy atom. The Kier molecular flexibility index (Phi) is 6.38. The molecule has 1 aromatic rings. The predicted molar refractivity (Wildman–Crippen MR) is 110 cm³/mol. The van der Waals surface area contributed by atoms with Gasteiger partial charge in [0.05, 0.1) is 11.5 Å². The lowest BCUT2D eigenvalue weighted by molar-refractivity contribution is -0.182. The Labute approximate surface area is 177 Å². The maximum atomic E-state index is 13.1. The minimum absolute atomic E-state index is 0.0870. The van der Waals surface area contributed by atoms with E-state index in [1.54, 1.807) is 53.7 Å². The fourth-order valence-electron chi connectivity index (χ4n) is 3.88. The first-order chi connectivity index (χ1) is 13.5. The number of hydrogen-bond donors (Lipinski definition) is 2. The molecule has 0 heterocycles. The van der Waals surface area contributed by atoms with Crippen molar-refractivity contribution in [3.05, 3.63) is 29.8 Å². The summed E-state index contributed by atoms with van der Waals surface area (Å²) in [5, 5.41) is 21.1. The van der Waals surface area contributed by atoms with Crippen LogP contribution in [0.25, 0.3) is 0 Å². The van der Waals surface area contributed by atoms with Crippen molar-refractivity contribution < 1.29 is 34.1 Å². The third-order valence-electron chi connectivity index (χ3n) is 4.84. The van der Waals surface area contributed by atoms with Crippen molar-refractivity contribution in [2.75, 3.05) is 0 Å². The third kappa shape index (κ3) is 5.59. The lowest BCUT2D eigenvalue weighted by Crippen LogP contribution is -2.56. The van der Waals surface area contributed by atoms with E-state index in [2.05, 4.69) is 0 Å². The zero-order valence-electron chi connectivity index (χ0n) is 18.7. The van der Waals surface area contributed by atoms with E-state index in [1.165, 1.54) is 19.1 Å². The van der Waals surface area contributed by atoms with Gasteiger partial charge >= 0.3 is 11.9 Å². The standard InChI is InChI=1S/C23H32O7/c1-21(2,3)29-19(26)17-15(25)12-23(7,28)18(20(27)30-22(4,5)6)16(17)13-9-8-10-14(24)11-13/h8-11,16-18,24,28H,12H2,1-7H3/t16-,17-,18-,23+/m0/s1. The smallest absolute Gasteiger partial charge is 0.317 e. The number of rotatable bonds is 3. The molecule has 0 unspecified atom stereocenters. The number of ketones is 1. The van der Waals surface area contributed by atoms with Crippen LogP contribution in [0.1, 0.15) is 66.4 Å². The molecule has 1 saturated carbocycles.